The lowest BCUT2D eigenvalue weighted by molar-refractivity contribution is 0.312. The van der Waals surface area contributed by atoms with Gasteiger partial charge < -0.3 is 15.1 Å². The molecular formula is C20H23N11. The molecule has 0 unspecified atom stereocenters. The minimum absolute atomic E-state index is 0.262. The first-order chi connectivity index (χ1) is 15.1. The van der Waals surface area contributed by atoms with Gasteiger partial charge in [0.1, 0.15) is 23.1 Å². The number of hydrogen-bond donors (Lipinski definition) is 1. The van der Waals surface area contributed by atoms with Crippen LogP contribution in [0.25, 0.3) is 5.95 Å². The lowest BCUT2D eigenvalue weighted by Gasteiger charge is -2.33. The zero-order valence-corrected chi connectivity index (χ0v) is 17.7. The highest BCUT2D eigenvalue weighted by Crippen LogP contribution is 2.33. The van der Waals surface area contributed by atoms with Gasteiger partial charge in [0, 0.05) is 45.6 Å². The van der Waals surface area contributed by atoms with Gasteiger partial charge in [0.25, 0.3) is 5.95 Å². The van der Waals surface area contributed by atoms with Crippen molar-refractivity contribution in [2.75, 3.05) is 50.5 Å². The maximum Gasteiger partial charge on any atom is 0.252 e. The fourth-order valence-electron chi connectivity index (χ4n) is 3.31. The molecule has 3 aromatic heterocycles. The van der Waals surface area contributed by atoms with Crippen molar-refractivity contribution < 1.29 is 0 Å². The topological polar surface area (TPSA) is 124 Å². The Hall–Kier alpha value is -3.91. The Morgan fingerprint density at radius 1 is 1.13 bits per heavy atom. The van der Waals surface area contributed by atoms with Gasteiger partial charge in [0.05, 0.1) is 6.20 Å². The number of azo groups is 1. The molecule has 0 amide bonds. The van der Waals surface area contributed by atoms with Crippen LogP contribution >= 0.6 is 0 Å². The van der Waals surface area contributed by atoms with Gasteiger partial charge in [-0.25, -0.2) is 15.0 Å². The Morgan fingerprint density at radius 3 is 2.55 bits per heavy atom. The second-order valence-electron chi connectivity index (χ2n) is 7.19. The molecule has 4 rings (SSSR count). The summed E-state index contributed by atoms with van der Waals surface area (Å²) in [5.41, 5.74) is 1.81. The second-order valence-corrected chi connectivity index (χ2v) is 7.19. The van der Waals surface area contributed by atoms with E-state index in [2.05, 4.69) is 53.5 Å². The van der Waals surface area contributed by atoms with Crippen LogP contribution in [0.5, 0.6) is 0 Å². The summed E-state index contributed by atoms with van der Waals surface area (Å²) in [6, 6.07) is 5.81. The maximum absolute atomic E-state index is 9.45. The number of nitrogens with one attached hydrogen (secondary N) is 1. The first-order valence-corrected chi connectivity index (χ1v) is 9.91. The van der Waals surface area contributed by atoms with Crippen LogP contribution in [0, 0.1) is 18.3 Å². The number of nitriles is 1. The first-order valence-electron chi connectivity index (χ1n) is 9.91. The van der Waals surface area contributed by atoms with Crippen LogP contribution in [0.15, 0.2) is 41.0 Å². The van der Waals surface area contributed by atoms with Crippen molar-refractivity contribution in [2.24, 2.45) is 10.2 Å². The molecule has 11 heteroatoms. The Kier molecular flexibility index (Phi) is 5.81. The number of likely N-dealkylation sites (N-methyl/N-ethyl adjacent to an activating group) is 1. The maximum atomic E-state index is 9.45. The quantitative estimate of drug-likeness (QED) is 0.628. The van der Waals surface area contributed by atoms with Crippen LogP contribution in [0.1, 0.15) is 11.1 Å². The SMILES string of the molecule is CNc1nc(N2CCN(C)CC2)cc(C)c1/N=N/c1c(C#N)cnn1-c1ncccn1. The van der Waals surface area contributed by atoms with E-state index in [1.807, 2.05) is 13.0 Å². The van der Waals surface area contributed by atoms with Crippen LogP contribution < -0.4 is 10.2 Å². The van der Waals surface area contributed by atoms with Gasteiger partial charge >= 0.3 is 0 Å². The average Bonchev–Trinajstić information content (AvgIpc) is 3.21. The molecule has 0 aliphatic carbocycles. The van der Waals surface area contributed by atoms with E-state index in [0.717, 1.165) is 37.6 Å². The molecule has 158 valence electrons. The largest absolute Gasteiger partial charge is 0.371 e. The fraction of sp³-hybridized carbons (Fsp3) is 0.350. The normalized spacial score (nSPS) is 14.7. The van der Waals surface area contributed by atoms with E-state index in [9.17, 15) is 5.26 Å². The molecule has 0 saturated carbocycles. The summed E-state index contributed by atoms with van der Waals surface area (Å²) in [5, 5.41) is 25.5. The highest BCUT2D eigenvalue weighted by molar-refractivity contribution is 5.68. The first kappa shape index (κ1) is 20.4. The second kappa shape index (κ2) is 8.85. The van der Waals surface area contributed by atoms with Gasteiger partial charge in [-0.3, -0.25) is 0 Å². The summed E-state index contributed by atoms with van der Waals surface area (Å²) in [6.45, 7) is 5.82. The van der Waals surface area contributed by atoms with Crippen LogP contribution in [0.3, 0.4) is 0 Å². The molecule has 0 bridgehead atoms. The van der Waals surface area contributed by atoms with Crippen LogP contribution in [-0.2, 0) is 0 Å². The molecule has 3 aromatic rings. The third kappa shape index (κ3) is 4.19. The molecule has 1 aliphatic rings. The fourth-order valence-corrected chi connectivity index (χ4v) is 3.31. The Bertz CT molecular complexity index is 1120. The van der Waals surface area contributed by atoms with Crippen LogP contribution in [0.4, 0.5) is 23.1 Å². The highest BCUT2D eigenvalue weighted by atomic mass is 15.4. The summed E-state index contributed by atoms with van der Waals surface area (Å²) in [4.78, 5) is 17.7. The van der Waals surface area contributed by atoms with Gasteiger partial charge in [-0.1, -0.05) is 0 Å². The third-order valence-electron chi connectivity index (χ3n) is 5.08. The summed E-state index contributed by atoms with van der Waals surface area (Å²) in [7, 11) is 3.93. The van der Waals surface area contributed by atoms with E-state index in [1.165, 1.54) is 10.9 Å². The molecule has 0 atom stereocenters. The standard InChI is InChI=1S/C20H23N11/c1-14-11-16(30-9-7-29(3)8-10-30)26-18(22-2)17(14)27-28-19-15(12-21)13-25-31(19)20-23-5-4-6-24-20/h4-6,11,13H,7-10H2,1-3H3,(H,22,26)/b28-27+. The molecule has 31 heavy (non-hydrogen) atoms. The molecule has 0 aromatic carbocycles. The van der Waals surface area contributed by atoms with Gasteiger partial charge in [-0.2, -0.15) is 15.0 Å². The number of aryl methyl sites for hydroxylation is 1. The van der Waals surface area contributed by atoms with Crippen molar-refractivity contribution in [3.8, 4) is 12.0 Å². The van der Waals surface area contributed by atoms with Crippen molar-refractivity contribution in [1.82, 2.24) is 29.6 Å². The minimum atomic E-state index is 0.262. The lowest BCUT2D eigenvalue weighted by Crippen LogP contribution is -2.44. The molecular weight excluding hydrogens is 394 g/mol. The molecule has 4 heterocycles. The number of anilines is 2. The smallest absolute Gasteiger partial charge is 0.252 e. The highest BCUT2D eigenvalue weighted by Gasteiger charge is 2.19. The third-order valence-corrected chi connectivity index (χ3v) is 5.08. The van der Waals surface area contributed by atoms with E-state index in [4.69, 9.17) is 4.98 Å². The number of aromatic nitrogens is 5. The summed E-state index contributed by atoms with van der Waals surface area (Å²) in [5.74, 6) is 2.11. The number of nitrogens with zero attached hydrogens (tertiary/aromatic N) is 10. The Balaban J connectivity index is 1.69. The van der Waals surface area contributed by atoms with Gasteiger partial charge in [-0.05, 0) is 31.7 Å². The van der Waals surface area contributed by atoms with Gasteiger partial charge in [0.15, 0.2) is 11.6 Å². The number of piperazine rings is 1. The Morgan fingerprint density at radius 2 is 1.87 bits per heavy atom. The van der Waals surface area contributed by atoms with Crippen molar-refractivity contribution in [3.05, 3.63) is 41.9 Å². The van der Waals surface area contributed by atoms with Crippen molar-refractivity contribution in [3.63, 3.8) is 0 Å². The van der Waals surface area contributed by atoms with E-state index < -0.39 is 0 Å². The van der Waals surface area contributed by atoms with Crippen molar-refractivity contribution >= 4 is 23.1 Å². The van der Waals surface area contributed by atoms with E-state index in [1.54, 1.807) is 25.5 Å². The Labute approximate surface area is 180 Å². The number of hydrogen-bond acceptors (Lipinski definition) is 10. The van der Waals surface area contributed by atoms with Crippen LogP contribution in [0.2, 0.25) is 0 Å². The van der Waals surface area contributed by atoms with E-state index in [0.29, 0.717) is 17.5 Å². The molecule has 0 radical (unpaired) electrons. The van der Waals surface area contributed by atoms with Gasteiger partial charge in [-0.15, -0.1) is 10.2 Å². The monoisotopic (exact) mass is 417 g/mol. The van der Waals surface area contributed by atoms with Crippen molar-refractivity contribution in [1.29, 1.82) is 5.26 Å². The number of pyridine rings is 1. The lowest BCUT2D eigenvalue weighted by atomic mass is 10.2. The summed E-state index contributed by atoms with van der Waals surface area (Å²) < 4.78 is 1.39. The predicted octanol–water partition coefficient (Wildman–Crippen LogP) is 2.45. The van der Waals surface area contributed by atoms with E-state index in [-0.39, 0.29) is 11.4 Å². The number of rotatable bonds is 5. The van der Waals surface area contributed by atoms with Crippen molar-refractivity contribution in [2.45, 2.75) is 6.92 Å². The zero-order valence-electron chi connectivity index (χ0n) is 17.7. The molecule has 0 spiro atoms. The van der Waals surface area contributed by atoms with Gasteiger partial charge in [0.2, 0.25) is 0 Å². The summed E-state index contributed by atoms with van der Waals surface area (Å²) in [6.07, 6.45) is 4.62. The summed E-state index contributed by atoms with van der Waals surface area (Å²) >= 11 is 0. The average molecular weight is 417 g/mol. The molecule has 11 nitrogen and oxygen atoms in total. The minimum Gasteiger partial charge on any atom is -0.371 e. The molecule has 1 saturated heterocycles. The van der Waals surface area contributed by atoms with Crippen LogP contribution in [-0.4, -0.2) is 69.9 Å². The molecule has 1 fully saturated rings. The van der Waals surface area contributed by atoms with E-state index >= 15 is 0 Å². The molecule has 1 aliphatic heterocycles. The zero-order chi connectivity index (χ0) is 21.8. The molecule has 1 N–H and O–H groups in total. The predicted molar refractivity (Wildman–Crippen MR) is 116 cm³/mol.